The van der Waals surface area contributed by atoms with E-state index in [2.05, 4.69) is 18.5 Å². The van der Waals surface area contributed by atoms with Crippen LogP contribution in [0.4, 0.5) is 0 Å². The van der Waals surface area contributed by atoms with Gasteiger partial charge in [0.15, 0.2) is 0 Å². The van der Waals surface area contributed by atoms with Gasteiger partial charge in [0.05, 0.1) is 0 Å². The molecular weight excluding hydrogens is 120 g/mol. The van der Waals surface area contributed by atoms with Crippen LogP contribution >= 0.6 is 12.6 Å². The van der Waals surface area contributed by atoms with Gasteiger partial charge in [0, 0.05) is 12.8 Å². The van der Waals surface area contributed by atoms with Gasteiger partial charge in [-0.2, -0.15) is 0 Å². The minimum Gasteiger partial charge on any atom is -0.282 e. The van der Waals surface area contributed by atoms with Crippen molar-refractivity contribution in [3.63, 3.8) is 0 Å². The van der Waals surface area contributed by atoms with E-state index >= 15 is 0 Å². The van der Waals surface area contributed by atoms with E-state index in [0.29, 0.717) is 12.8 Å². The van der Waals surface area contributed by atoms with Gasteiger partial charge >= 0.3 is 0 Å². The highest BCUT2D eigenvalue weighted by Gasteiger charge is 1.91. The van der Waals surface area contributed by atoms with Crippen LogP contribution in [-0.4, -0.2) is 5.12 Å². The van der Waals surface area contributed by atoms with Gasteiger partial charge in [-0.3, -0.25) is 4.79 Å². The predicted molar refractivity (Wildman–Crippen MR) is 35.3 cm³/mol. The first kappa shape index (κ1) is 7.45. The van der Waals surface area contributed by atoms with Crippen LogP contribution in [0, 0.1) is 12.3 Å². The van der Waals surface area contributed by atoms with E-state index in [1.165, 1.54) is 0 Å². The molecule has 8 heavy (non-hydrogen) atoms. The molecule has 0 amide bonds. The molecule has 0 aromatic carbocycles. The Morgan fingerprint density at radius 3 is 2.75 bits per heavy atom. The second-order valence-corrected chi connectivity index (χ2v) is 1.89. The maximum Gasteiger partial charge on any atom is 0.218 e. The third-order valence-corrected chi connectivity index (χ3v) is 0.906. The topological polar surface area (TPSA) is 17.1 Å². The van der Waals surface area contributed by atoms with Gasteiger partial charge in [0.2, 0.25) is 5.12 Å². The molecule has 0 rings (SSSR count). The van der Waals surface area contributed by atoms with Gasteiger partial charge in [-0.15, -0.1) is 12.3 Å². The normalized spacial score (nSPS) is 7.88. The molecule has 0 saturated heterocycles. The molecule has 0 saturated carbocycles. The number of carbonyl (C=O) groups is 1. The summed E-state index contributed by atoms with van der Waals surface area (Å²) in [7, 11) is 0. The van der Waals surface area contributed by atoms with Crippen molar-refractivity contribution < 1.29 is 4.79 Å². The average Bonchev–Trinajstić information content (AvgIpc) is 1.66. The fraction of sp³-hybridized carbons (Fsp3) is 0.500. The summed E-state index contributed by atoms with van der Waals surface area (Å²) in [6.07, 6.45) is 6.75. The van der Waals surface area contributed by atoms with Crippen LogP contribution < -0.4 is 0 Å². The number of unbranched alkanes of at least 4 members (excludes halogenated alkanes) is 1. The molecule has 1 nitrogen and oxygen atoms in total. The first-order valence-corrected chi connectivity index (χ1v) is 2.81. The highest BCUT2D eigenvalue weighted by molar-refractivity contribution is 7.96. The molecule has 0 bridgehead atoms. The Kier molecular flexibility index (Phi) is 4.29. The summed E-state index contributed by atoms with van der Waals surface area (Å²) in [6.45, 7) is 0. The lowest BCUT2D eigenvalue weighted by Crippen LogP contribution is -1.83. The zero-order valence-corrected chi connectivity index (χ0v) is 5.33. The molecule has 0 aromatic heterocycles. The minimum atomic E-state index is -0.194. The molecule has 43 valence electrons. The van der Waals surface area contributed by atoms with Gasteiger partial charge in [-0.05, 0) is 19.0 Å². The lowest BCUT2D eigenvalue weighted by atomic mass is 10.3. The highest BCUT2D eigenvalue weighted by atomic mass is 32.1. The monoisotopic (exact) mass is 127 g/mol. The average molecular weight is 127 g/mol. The minimum absolute atomic E-state index is 0.194. The largest absolute Gasteiger partial charge is 0.282 e. The van der Waals surface area contributed by atoms with Crippen LogP contribution in [0.2, 0.25) is 0 Å². The van der Waals surface area contributed by atoms with E-state index in [1.54, 1.807) is 0 Å². The Balaban J connectivity index is 2.97. The van der Waals surface area contributed by atoms with Crippen molar-refractivity contribution in [2.24, 2.45) is 0 Å². The van der Waals surface area contributed by atoms with Crippen molar-refractivity contribution in [3.05, 3.63) is 0 Å². The molecular formula is C6H7OS. The number of hydrogen-bond acceptors (Lipinski definition) is 1. The standard InChI is InChI=1S/C6H7OS/c1-2-3-4-5-6(7)8/h1H,3-5H2. The quantitative estimate of drug-likeness (QED) is 0.415. The van der Waals surface area contributed by atoms with Crippen molar-refractivity contribution in [1.82, 2.24) is 0 Å². The molecule has 1 radical (unpaired) electrons. The number of rotatable bonds is 3. The molecule has 0 aliphatic carbocycles. The predicted octanol–water partition coefficient (Wildman–Crippen LogP) is 1.51. The molecule has 0 spiro atoms. The Labute approximate surface area is 54.9 Å². The van der Waals surface area contributed by atoms with E-state index in [-0.39, 0.29) is 5.12 Å². The Morgan fingerprint density at radius 1 is 1.75 bits per heavy atom. The number of carbonyl (C=O) groups excluding carboxylic acids is 1. The number of terminal acetylenes is 1. The van der Waals surface area contributed by atoms with Gasteiger partial charge in [0.1, 0.15) is 0 Å². The number of hydrogen-bond donors (Lipinski definition) is 0. The molecule has 0 atom stereocenters. The van der Waals surface area contributed by atoms with E-state index in [9.17, 15) is 4.79 Å². The molecule has 0 heterocycles. The van der Waals surface area contributed by atoms with Crippen molar-refractivity contribution in [1.29, 1.82) is 0 Å². The molecule has 2 heteroatoms. The molecule has 0 aromatic rings. The lowest BCUT2D eigenvalue weighted by molar-refractivity contribution is -0.110. The molecule has 0 aliphatic heterocycles. The third-order valence-electron chi connectivity index (χ3n) is 0.702. The zero-order valence-electron chi connectivity index (χ0n) is 4.52. The van der Waals surface area contributed by atoms with Gasteiger partial charge in [-0.25, -0.2) is 0 Å². The first-order valence-electron chi connectivity index (χ1n) is 2.40. The molecule has 0 fully saturated rings. The van der Waals surface area contributed by atoms with Gasteiger partial charge in [-0.1, -0.05) is 0 Å². The Morgan fingerprint density at radius 2 is 2.38 bits per heavy atom. The highest BCUT2D eigenvalue weighted by Crippen LogP contribution is 1.96. The smallest absolute Gasteiger partial charge is 0.218 e. The van der Waals surface area contributed by atoms with Crippen molar-refractivity contribution in [2.45, 2.75) is 19.3 Å². The van der Waals surface area contributed by atoms with E-state index in [4.69, 9.17) is 6.42 Å². The zero-order chi connectivity index (χ0) is 6.41. The van der Waals surface area contributed by atoms with E-state index < -0.39 is 0 Å². The van der Waals surface area contributed by atoms with Gasteiger partial charge < -0.3 is 0 Å². The third kappa shape index (κ3) is 5.45. The van der Waals surface area contributed by atoms with Crippen LogP contribution in [0.5, 0.6) is 0 Å². The van der Waals surface area contributed by atoms with Crippen molar-refractivity contribution in [2.75, 3.05) is 0 Å². The molecule has 0 N–H and O–H groups in total. The van der Waals surface area contributed by atoms with Crippen molar-refractivity contribution in [3.8, 4) is 12.3 Å². The molecule has 0 unspecified atom stereocenters. The summed E-state index contributed by atoms with van der Waals surface area (Å²) in [4.78, 5) is 10.1. The first-order chi connectivity index (χ1) is 3.77. The second-order valence-electron chi connectivity index (χ2n) is 1.43. The van der Waals surface area contributed by atoms with E-state index in [0.717, 1.165) is 6.42 Å². The Bertz CT molecular complexity index is 112. The van der Waals surface area contributed by atoms with Crippen molar-refractivity contribution >= 4 is 17.7 Å². The van der Waals surface area contributed by atoms with Crippen LogP contribution in [0.3, 0.4) is 0 Å². The lowest BCUT2D eigenvalue weighted by Gasteiger charge is -1.84. The summed E-state index contributed by atoms with van der Waals surface area (Å²) in [5, 5.41) is -0.194. The summed E-state index contributed by atoms with van der Waals surface area (Å²) in [6, 6.07) is 0. The summed E-state index contributed by atoms with van der Waals surface area (Å²) >= 11 is 4.28. The summed E-state index contributed by atoms with van der Waals surface area (Å²) in [5.74, 6) is 2.42. The summed E-state index contributed by atoms with van der Waals surface area (Å²) < 4.78 is 0. The van der Waals surface area contributed by atoms with Crippen LogP contribution in [0.25, 0.3) is 0 Å². The van der Waals surface area contributed by atoms with Crippen LogP contribution in [0.15, 0.2) is 0 Å². The maximum absolute atomic E-state index is 10.1. The Hall–Kier alpha value is -0.550. The van der Waals surface area contributed by atoms with Gasteiger partial charge in [0.25, 0.3) is 0 Å². The second kappa shape index (κ2) is 4.61. The maximum atomic E-state index is 10.1. The fourth-order valence-corrected chi connectivity index (χ4v) is 0.479. The van der Waals surface area contributed by atoms with E-state index in [1.807, 2.05) is 0 Å². The summed E-state index contributed by atoms with van der Waals surface area (Å²) in [5.41, 5.74) is 0. The fourth-order valence-electron chi connectivity index (χ4n) is 0.335. The molecule has 0 aliphatic rings. The van der Waals surface area contributed by atoms with Crippen LogP contribution in [-0.2, 0) is 4.79 Å². The van der Waals surface area contributed by atoms with Crippen LogP contribution in [0.1, 0.15) is 19.3 Å². The SMILES string of the molecule is C#CCCCC(=O)[S].